The zero-order valence-corrected chi connectivity index (χ0v) is 22.4. The number of amides is 1. The average Bonchev–Trinajstić information content (AvgIpc) is 3.16. The second kappa shape index (κ2) is 13.7. The molecule has 1 unspecified atom stereocenters. The van der Waals surface area contributed by atoms with E-state index in [9.17, 15) is 19.2 Å². The van der Waals surface area contributed by atoms with Crippen molar-refractivity contribution in [2.45, 2.75) is 92.4 Å². The lowest BCUT2D eigenvalue weighted by Gasteiger charge is -2.29. The van der Waals surface area contributed by atoms with Crippen molar-refractivity contribution in [3.8, 4) is 0 Å². The summed E-state index contributed by atoms with van der Waals surface area (Å²) in [6.45, 7) is 10.6. The summed E-state index contributed by atoms with van der Waals surface area (Å²) >= 11 is 0. The maximum Gasteiger partial charge on any atom is 0.519 e. The molecule has 0 spiro atoms. The number of carbonyl (C=O) groups is 3. The molecule has 0 bridgehead atoms. The number of rotatable bonds is 14. The van der Waals surface area contributed by atoms with Gasteiger partial charge in [0, 0.05) is 19.1 Å². The topological polar surface area (TPSA) is 137 Å². The van der Waals surface area contributed by atoms with Crippen molar-refractivity contribution in [2.75, 3.05) is 19.7 Å². The van der Waals surface area contributed by atoms with Gasteiger partial charge in [0.15, 0.2) is 18.1 Å². The van der Waals surface area contributed by atoms with Crippen molar-refractivity contribution in [1.82, 2.24) is 10.6 Å². The summed E-state index contributed by atoms with van der Waals surface area (Å²) < 4.78 is 20.9. The fraction of sp³-hybridized carbons (Fsp3) is 0.769. The van der Waals surface area contributed by atoms with E-state index < -0.39 is 29.4 Å². The van der Waals surface area contributed by atoms with E-state index in [1.165, 1.54) is 26.2 Å². The molecule has 10 heteroatoms. The van der Waals surface area contributed by atoms with Crippen LogP contribution in [-0.2, 0) is 30.5 Å². The van der Waals surface area contributed by atoms with Crippen molar-refractivity contribution in [3.05, 3.63) is 22.1 Å². The Bertz CT molecular complexity index is 927. The third-order valence-electron chi connectivity index (χ3n) is 6.64. The lowest BCUT2D eigenvalue weighted by Crippen LogP contribution is -2.54. The minimum absolute atomic E-state index is 0.00243. The van der Waals surface area contributed by atoms with Crippen LogP contribution in [0.3, 0.4) is 0 Å². The predicted octanol–water partition coefficient (Wildman–Crippen LogP) is 2.90. The standard InChI is InChI=1S/C26H42N2O8/c1-16(2)20(29)12-27-22(18(4)33-13-19-10-8-7-9-11-19)23(30)28-15-26(5,6)24(31)34-14-21-17(3)35-25(32)36-21/h16,18-19,22,27H,7-15H2,1-6H3,(H,28,30)/t18-,22?/m1/s1. The van der Waals surface area contributed by atoms with Crippen LogP contribution in [0.4, 0.5) is 0 Å². The Labute approximate surface area is 212 Å². The smallest absolute Gasteiger partial charge is 0.457 e. The van der Waals surface area contributed by atoms with Gasteiger partial charge in [-0.25, -0.2) is 4.79 Å². The van der Waals surface area contributed by atoms with Gasteiger partial charge in [0.25, 0.3) is 0 Å². The predicted molar refractivity (Wildman–Crippen MR) is 132 cm³/mol. The fourth-order valence-electron chi connectivity index (χ4n) is 3.95. The SMILES string of the molecule is Cc1oc(=O)oc1COC(=O)C(C)(C)CNC(=O)C(NCC(=O)C(C)C)[C@@H](C)OCC1CCCCC1. The van der Waals surface area contributed by atoms with E-state index in [1.807, 2.05) is 20.8 Å². The summed E-state index contributed by atoms with van der Waals surface area (Å²) in [7, 11) is 0. The quantitative estimate of drug-likeness (QED) is 0.362. The molecule has 0 saturated heterocycles. The highest BCUT2D eigenvalue weighted by Gasteiger charge is 2.33. The second-order valence-corrected chi connectivity index (χ2v) is 10.6. The molecule has 2 rings (SSSR count). The molecule has 1 saturated carbocycles. The van der Waals surface area contributed by atoms with Crippen LogP contribution in [-0.4, -0.2) is 49.5 Å². The number of hydrogen-bond acceptors (Lipinski definition) is 9. The van der Waals surface area contributed by atoms with Gasteiger partial charge in [-0.15, -0.1) is 0 Å². The lowest BCUT2D eigenvalue weighted by atomic mass is 9.90. The first-order valence-electron chi connectivity index (χ1n) is 12.8. The number of aryl methyl sites for hydroxylation is 1. The molecule has 204 valence electrons. The molecule has 1 aliphatic rings. The molecule has 0 aromatic carbocycles. The zero-order chi connectivity index (χ0) is 26.9. The van der Waals surface area contributed by atoms with Crippen LogP contribution < -0.4 is 16.5 Å². The van der Waals surface area contributed by atoms with Crippen molar-refractivity contribution >= 4 is 17.7 Å². The number of ketones is 1. The number of carbonyl (C=O) groups excluding carboxylic acids is 3. The van der Waals surface area contributed by atoms with Gasteiger partial charge in [-0.05, 0) is 46.5 Å². The van der Waals surface area contributed by atoms with Crippen LogP contribution in [0.5, 0.6) is 0 Å². The molecule has 0 aliphatic heterocycles. The number of nitrogens with one attached hydrogen (secondary N) is 2. The minimum atomic E-state index is -1.06. The molecule has 1 amide bonds. The number of hydrogen-bond donors (Lipinski definition) is 2. The van der Waals surface area contributed by atoms with Gasteiger partial charge in [-0.3, -0.25) is 19.7 Å². The van der Waals surface area contributed by atoms with Gasteiger partial charge >= 0.3 is 11.8 Å². The number of ether oxygens (including phenoxy) is 2. The molecule has 1 aliphatic carbocycles. The fourth-order valence-corrected chi connectivity index (χ4v) is 3.95. The molecule has 1 fully saturated rings. The maximum absolute atomic E-state index is 13.1. The molecule has 2 N–H and O–H groups in total. The van der Waals surface area contributed by atoms with E-state index >= 15 is 0 Å². The van der Waals surface area contributed by atoms with Gasteiger partial charge in [0.2, 0.25) is 5.91 Å². The second-order valence-electron chi connectivity index (χ2n) is 10.6. The summed E-state index contributed by atoms with van der Waals surface area (Å²) in [6.07, 6.45) is 5.44. The third kappa shape index (κ3) is 9.20. The Morgan fingerprint density at radius 3 is 2.33 bits per heavy atom. The average molecular weight is 511 g/mol. The van der Waals surface area contributed by atoms with Crippen molar-refractivity contribution in [3.63, 3.8) is 0 Å². The molecule has 1 heterocycles. The Hall–Kier alpha value is -2.46. The van der Waals surface area contributed by atoms with Gasteiger partial charge in [0.1, 0.15) is 11.8 Å². The van der Waals surface area contributed by atoms with Crippen molar-refractivity contribution in [1.29, 1.82) is 0 Å². The van der Waals surface area contributed by atoms with Crippen LogP contribution >= 0.6 is 0 Å². The Balaban J connectivity index is 1.94. The molecule has 36 heavy (non-hydrogen) atoms. The number of esters is 1. The van der Waals surface area contributed by atoms with Crippen LogP contribution in [0.1, 0.15) is 78.2 Å². The largest absolute Gasteiger partial charge is 0.519 e. The zero-order valence-electron chi connectivity index (χ0n) is 22.4. The van der Waals surface area contributed by atoms with Crippen molar-refractivity contribution < 1.29 is 32.7 Å². The first-order chi connectivity index (χ1) is 16.9. The molecule has 2 atom stereocenters. The van der Waals surface area contributed by atoms with Gasteiger partial charge in [0.05, 0.1) is 18.1 Å². The summed E-state index contributed by atoms with van der Waals surface area (Å²) in [5.74, 6) is -1.10. The summed E-state index contributed by atoms with van der Waals surface area (Å²) in [4.78, 5) is 49.1. The molecular weight excluding hydrogens is 468 g/mol. The van der Waals surface area contributed by atoms with E-state index in [1.54, 1.807) is 13.8 Å². The van der Waals surface area contributed by atoms with Crippen LogP contribution in [0.25, 0.3) is 0 Å². The van der Waals surface area contributed by atoms with Crippen molar-refractivity contribution in [2.24, 2.45) is 17.3 Å². The monoisotopic (exact) mass is 510 g/mol. The first-order valence-corrected chi connectivity index (χ1v) is 12.8. The lowest BCUT2D eigenvalue weighted by molar-refractivity contribution is -0.155. The Kier molecular flexibility index (Phi) is 11.4. The van der Waals surface area contributed by atoms with Crippen LogP contribution in [0, 0.1) is 24.2 Å². The highest BCUT2D eigenvalue weighted by atomic mass is 16.6. The highest BCUT2D eigenvalue weighted by Crippen LogP contribution is 2.24. The molecular formula is C26H42N2O8. The maximum atomic E-state index is 13.1. The summed E-state index contributed by atoms with van der Waals surface area (Å²) in [5.41, 5.74) is -1.06. The normalized spacial score (nSPS) is 16.5. The third-order valence-corrected chi connectivity index (χ3v) is 6.64. The van der Waals surface area contributed by atoms with E-state index in [0.29, 0.717) is 12.5 Å². The molecule has 10 nitrogen and oxygen atoms in total. The van der Waals surface area contributed by atoms with E-state index in [0.717, 1.165) is 12.8 Å². The summed E-state index contributed by atoms with van der Waals surface area (Å²) in [5, 5.41) is 5.86. The molecule has 1 aromatic heterocycles. The molecule has 0 radical (unpaired) electrons. The van der Waals surface area contributed by atoms with E-state index in [2.05, 4.69) is 10.6 Å². The van der Waals surface area contributed by atoms with E-state index in [-0.39, 0.29) is 48.8 Å². The van der Waals surface area contributed by atoms with Gasteiger partial charge in [-0.1, -0.05) is 33.1 Å². The molecule has 1 aromatic rings. The van der Waals surface area contributed by atoms with Crippen LogP contribution in [0.2, 0.25) is 0 Å². The number of Topliss-reactive ketones (excluding diaryl/α,β-unsaturated/α-hetero) is 1. The minimum Gasteiger partial charge on any atom is -0.457 e. The van der Waals surface area contributed by atoms with E-state index in [4.69, 9.17) is 18.3 Å². The first kappa shape index (κ1) is 29.8. The summed E-state index contributed by atoms with van der Waals surface area (Å²) in [6, 6.07) is -0.758. The van der Waals surface area contributed by atoms with Crippen LogP contribution in [0.15, 0.2) is 13.6 Å². The highest BCUT2D eigenvalue weighted by molar-refractivity contribution is 5.86. The van der Waals surface area contributed by atoms with Gasteiger partial charge in [-0.2, -0.15) is 0 Å². The van der Waals surface area contributed by atoms with Gasteiger partial charge < -0.3 is 23.6 Å². The Morgan fingerprint density at radius 1 is 1.08 bits per heavy atom. The Morgan fingerprint density at radius 2 is 1.75 bits per heavy atom.